The molecule has 2 nitrogen and oxygen atoms in total. The molecule has 1 aromatic carbocycles. The summed E-state index contributed by atoms with van der Waals surface area (Å²) >= 11 is 2.26. The summed E-state index contributed by atoms with van der Waals surface area (Å²) in [6.45, 7) is 5.77. The highest BCUT2D eigenvalue weighted by molar-refractivity contribution is 14.1. The zero-order valence-corrected chi connectivity index (χ0v) is 9.71. The first-order chi connectivity index (χ1) is 6.13. The number of nitrogen functional groups attached to an aromatic ring is 1. The molecule has 1 atom stereocenters. The minimum atomic E-state index is 0.275. The number of nitrogens with one attached hydrogen (secondary N) is 1. The number of benzene rings is 1. The standard InChI is InChI=1S/C10H13IN2/c1-3-7(2)13-10-5-4-8(12)6-9(10)11/h3-7,13H,1,12H2,2H3. The molecule has 0 aliphatic rings. The van der Waals surface area contributed by atoms with Crippen molar-refractivity contribution in [3.05, 3.63) is 34.4 Å². The van der Waals surface area contributed by atoms with Gasteiger partial charge >= 0.3 is 0 Å². The third kappa shape index (κ3) is 2.91. The second kappa shape index (κ2) is 4.50. The lowest BCUT2D eigenvalue weighted by molar-refractivity contribution is 1.000. The van der Waals surface area contributed by atoms with Gasteiger partial charge in [0.05, 0.1) is 0 Å². The molecule has 0 aliphatic heterocycles. The molecule has 0 fully saturated rings. The molecule has 0 saturated heterocycles. The predicted molar refractivity (Wildman–Crippen MR) is 66.9 cm³/mol. The Morgan fingerprint density at radius 2 is 2.31 bits per heavy atom. The van der Waals surface area contributed by atoms with Gasteiger partial charge in [-0.3, -0.25) is 0 Å². The molecular formula is C10H13IN2. The first-order valence-corrected chi connectivity index (χ1v) is 5.15. The van der Waals surface area contributed by atoms with Gasteiger partial charge in [-0.05, 0) is 47.7 Å². The third-order valence-electron chi connectivity index (χ3n) is 1.73. The van der Waals surface area contributed by atoms with E-state index in [9.17, 15) is 0 Å². The molecule has 3 N–H and O–H groups in total. The second-order valence-corrected chi connectivity index (χ2v) is 4.07. The Labute approximate surface area is 92.4 Å². The Hall–Kier alpha value is -0.710. The highest BCUT2D eigenvalue weighted by atomic mass is 127. The van der Waals surface area contributed by atoms with Gasteiger partial charge in [-0.25, -0.2) is 0 Å². The van der Waals surface area contributed by atoms with Crippen molar-refractivity contribution in [3.8, 4) is 0 Å². The smallest absolute Gasteiger partial charge is 0.0481 e. The fourth-order valence-corrected chi connectivity index (χ4v) is 1.65. The number of anilines is 2. The van der Waals surface area contributed by atoms with Crippen LogP contribution in [0.15, 0.2) is 30.9 Å². The summed E-state index contributed by atoms with van der Waals surface area (Å²) in [7, 11) is 0. The van der Waals surface area contributed by atoms with Crippen LogP contribution in [0.2, 0.25) is 0 Å². The van der Waals surface area contributed by atoms with Gasteiger partial charge in [0, 0.05) is 21.0 Å². The summed E-state index contributed by atoms with van der Waals surface area (Å²) < 4.78 is 1.13. The molecule has 0 aromatic heterocycles. The van der Waals surface area contributed by atoms with Crippen LogP contribution in [0, 0.1) is 3.57 Å². The molecule has 1 aromatic rings. The van der Waals surface area contributed by atoms with Crippen molar-refractivity contribution < 1.29 is 0 Å². The van der Waals surface area contributed by atoms with E-state index < -0.39 is 0 Å². The van der Waals surface area contributed by atoms with Crippen molar-refractivity contribution in [1.82, 2.24) is 0 Å². The maximum absolute atomic E-state index is 5.64. The molecule has 70 valence electrons. The van der Waals surface area contributed by atoms with Crippen LogP contribution in [0.1, 0.15) is 6.92 Å². The lowest BCUT2D eigenvalue weighted by Crippen LogP contribution is -2.12. The van der Waals surface area contributed by atoms with Gasteiger partial charge in [-0.2, -0.15) is 0 Å². The Kier molecular flexibility index (Phi) is 3.59. The van der Waals surface area contributed by atoms with E-state index in [2.05, 4.69) is 41.4 Å². The van der Waals surface area contributed by atoms with Crippen molar-refractivity contribution in [2.75, 3.05) is 11.1 Å². The zero-order valence-electron chi connectivity index (χ0n) is 7.55. The molecule has 0 bridgehead atoms. The second-order valence-electron chi connectivity index (χ2n) is 2.91. The topological polar surface area (TPSA) is 38.0 Å². The van der Waals surface area contributed by atoms with Crippen LogP contribution in [-0.2, 0) is 0 Å². The maximum atomic E-state index is 5.64. The lowest BCUT2D eigenvalue weighted by Gasteiger charge is -2.12. The molecule has 1 rings (SSSR count). The Morgan fingerprint density at radius 3 is 2.85 bits per heavy atom. The van der Waals surface area contributed by atoms with Gasteiger partial charge in [-0.15, -0.1) is 6.58 Å². The maximum Gasteiger partial charge on any atom is 0.0481 e. The SMILES string of the molecule is C=CC(C)Nc1ccc(N)cc1I. The van der Waals surface area contributed by atoms with E-state index in [1.54, 1.807) is 0 Å². The van der Waals surface area contributed by atoms with Gasteiger partial charge in [0.2, 0.25) is 0 Å². The summed E-state index contributed by atoms with van der Waals surface area (Å²) in [5.41, 5.74) is 7.53. The van der Waals surface area contributed by atoms with Crippen molar-refractivity contribution in [1.29, 1.82) is 0 Å². The van der Waals surface area contributed by atoms with Gasteiger partial charge in [-0.1, -0.05) is 6.08 Å². The summed E-state index contributed by atoms with van der Waals surface area (Å²) in [4.78, 5) is 0. The Morgan fingerprint density at radius 1 is 1.62 bits per heavy atom. The lowest BCUT2D eigenvalue weighted by atomic mass is 10.2. The molecule has 0 saturated carbocycles. The fraction of sp³-hybridized carbons (Fsp3) is 0.200. The van der Waals surface area contributed by atoms with E-state index in [0.29, 0.717) is 0 Å². The molecular weight excluding hydrogens is 275 g/mol. The number of halogens is 1. The average molecular weight is 288 g/mol. The van der Waals surface area contributed by atoms with Crippen molar-refractivity contribution >= 4 is 34.0 Å². The fourth-order valence-electron chi connectivity index (χ4n) is 0.953. The largest absolute Gasteiger partial charge is 0.399 e. The van der Waals surface area contributed by atoms with E-state index >= 15 is 0 Å². The summed E-state index contributed by atoms with van der Waals surface area (Å²) in [5.74, 6) is 0. The summed E-state index contributed by atoms with van der Waals surface area (Å²) in [6.07, 6.45) is 1.87. The third-order valence-corrected chi connectivity index (χ3v) is 2.62. The summed E-state index contributed by atoms with van der Waals surface area (Å²) in [6, 6.07) is 6.09. The van der Waals surface area contributed by atoms with Gasteiger partial charge in [0.1, 0.15) is 0 Å². The Balaban J connectivity index is 2.83. The van der Waals surface area contributed by atoms with E-state index in [4.69, 9.17) is 5.73 Å². The highest BCUT2D eigenvalue weighted by Gasteiger charge is 2.01. The molecule has 0 amide bonds. The van der Waals surface area contributed by atoms with E-state index in [0.717, 1.165) is 14.9 Å². The van der Waals surface area contributed by atoms with Crippen LogP contribution in [0.3, 0.4) is 0 Å². The first kappa shape index (κ1) is 10.4. The number of hydrogen-bond donors (Lipinski definition) is 2. The molecule has 0 aliphatic carbocycles. The Bertz CT molecular complexity index is 310. The minimum Gasteiger partial charge on any atom is -0.399 e. The van der Waals surface area contributed by atoms with E-state index in [1.165, 1.54) is 0 Å². The zero-order chi connectivity index (χ0) is 9.84. The predicted octanol–water partition coefficient (Wildman–Crippen LogP) is 2.86. The molecule has 3 heteroatoms. The van der Waals surface area contributed by atoms with E-state index in [-0.39, 0.29) is 6.04 Å². The minimum absolute atomic E-state index is 0.275. The van der Waals surface area contributed by atoms with Crippen LogP contribution in [0.25, 0.3) is 0 Å². The van der Waals surface area contributed by atoms with Crippen molar-refractivity contribution in [2.24, 2.45) is 0 Å². The molecule has 13 heavy (non-hydrogen) atoms. The van der Waals surface area contributed by atoms with Gasteiger partial charge in [0.25, 0.3) is 0 Å². The molecule has 0 heterocycles. The number of rotatable bonds is 3. The van der Waals surface area contributed by atoms with Crippen LogP contribution < -0.4 is 11.1 Å². The average Bonchev–Trinajstić information content (AvgIpc) is 2.09. The first-order valence-electron chi connectivity index (χ1n) is 4.07. The van der Waals surface area contributed by atoms with Crippen LogP contribution in [-0.4, -0.2) is 6.04 Å². The normalized spacial score (nSPS) is 12.2. The monoisotopic (exact) mass is 288 g/mol. The van der Waals surface area contributed by atoms with E-state index in [1.807, 2.05) is 24.3 Å². The van der Waals surface area contributed by atoms with Crippen molar-refractivity contribution in [3.63, 3.8) is 0 Å². The van der Waals surface area contributed by atoms with Crippen LogP contribution >= 0.6 is 22.6 Å². The molecule has 1 unspecified atom stereocenters. The summed E-state index contributed by atoms with van der Waals surface area (Å²) in [5, 5.41) is 3.31. The number of nitrogens with two attached hydrogens (primary N) is 1. The highest BCUT2D eigenvalue weighted by Crippen LogP contribution is 2.21. The van der Waals surface area contributed by atoms with Crippen LogP contribution in [0.4, 0.5) is 11.4 Å². The van der Waals surface area contributed by atoms with Crippen molar-refractivity contribution in [2.45, 2.75) is 13.0 Å². The van der Waals surface area contributed by atoms with Gasteiger partial charge < -0.3 is 11.1 Å². The van der Waals surface area contributed by atoms with Gasteiger partial charge in [0.15, 0.2) is 0 Å². The molecule has 0 spiro atoms. The number of hydrogen-bond acceptors (Lipinski definition) is 2. The van der Waals surface area contributed by atoms with Crippen LogP contribution in [0.5, 0.6) is 0 Å². The molecule has 0 radical (unpaired) electrons. The quantitative estimate of drug-likeness (QED) is 0.510.